The fourth-order valence-corrected chi connectivity index (χ4v) is 5.79. The van der Waals surface area contributed by atoms with Crippen LogP contribution in [0.2, 0.25) is 0 Å². The summed E-state index contributed by atoms with van der Waals surface area (Å²) in [6, 6.07) is 4.57. The molecule has 1 amide bonds. The summed E-state index contributed by atoms with van der Waals surface area (Å²) in [4.78, 5) is 30.9. The average Bonchev–Trinajstić information content (AvgIpc) is 3.36. The smallest absolute Gasteiger partial charge is 0.228 e. The maximum Gasteiger partial charge on any atom is 0.228 e. The molecule has 8 heteroatoms. The molecule has 32 heavy (non-hydrogen) atoms. The molecule has 5 rings (SSSR count). The molecule has 0 unspecified atom stereocenters. The summed E-state index contributed by atoms with van der Waals surface area (Å²) in [6.45, 7) is 4.42. The lowest BCUT2D eigenvalue weighted by Gasteiger charge is -2.37. The van der Waals surface area contributed by atoms with Crippen LogP contribution in [0.1, 0.15) is 48.2 Å². The minimum Gasteiger partial charge on any atom is -0.378 e. The van der Waals surface area contributed by atoms with Crippen LogP contribution in [0.4, 0.5) is 11.8 Å². The Balaban J connectivity index is 1.42. The van der Waals surface area contributed by atoms with E-state index < -0.39 is 0 Å². The summed E-state index contributed by atoms with van der Waals surface area (Å²) >= 11 is 1.65. The number of hydrogen-bond acceptors (Lipinski definition) is 7. The Morgan fingerprint density at radius 2 is 2.00 bits per heavy atom. The first kappa shape index (κ1) is 21.6. The zero-order valence-corrected chi connectivity index (χ0v) is 19.8. The highest BCUT2D eigenvalue weighted by molar-refractivity contribution is 7.10. The first-order valence-electron chi connectivity index (χ1n) is 11.9. The van der Waals surface area contributed by atoms with Crippen LogP contribution in [0.15, 0.2) is 17.5 Å². The standard InChI is InChI=1S/C24H33N5O2S/c1-27(18-6-3-2-4-7-18)24-25-21-9-10-29(22(30)16-19-8-5-15-32-19)17-20(21)23(26-24)28-11-13-31-14-12-28/h5,8,15,18H,2-4,6-7,9-14,16-17H2,1H3. The van der Waals surface area contributed by atoms with Gasteiger partial charge >= 0.3 is 0 Å². The number of nitrogens with zero attached hydrogens (tertiary/aromatic N) is 5. The SMILES string of the molecule is CN(c1nc2c(c(N3CCOCC3)n1)CN(C(=O)Cc1cccs1)CC2)C1CCCCC1. The van der Waals surface area contributed by atoms with Gasteiger partial charge in [-0.3, -0.25) is 4.79 Å². The van der Waals surface area contributed by atoms with Gasteiger partial charge in [-0.2, -0.15) is 4.98 Å². The predicted molar refractivity (Wildman–Crippen MR) is 127 cm³/mol. The lowest BCUT2D eigenvalue weighted by molar-refractivity contribution is -0.131. The van der Waals surface area contributed by atoms with Crippen molar-refractivity contribution in [1.29, 1.82) is 0 Å². The van der Waals surface area contributed by atoms with E-state index in [0.717, 1.165) is 54.0 Å². The van der Waals surface area contributed by atoms with Gasteiger partial charge in [-0.1, -0.05) is 25.3 Å². The van der Waals surface area contributed by atoms with E-state index in [4.69, 9.17) is 14.7 Å². The summed E-state index contributed by atoms with van der Waals surface area (Å²) in [5, 5.41) is 2.03. The summed E-state index contributed by atoms with van der Waals surface area (Å²) in [5.41, 5.74) is 2.23. The fourth-order valence-electron chi connectivity index (χ4n) is 5.10. The molecule has 0 radical (unpaired) electrons. The van der Waals surface area contributed by atoms with Crippen molar-refractivity contribution in [3.8, 4) is 0 Å². The van der Waals surface area contributed by atoms with Crippen LogP contribution >= 0.6 is 11.3 Å². The van der Waals surface area contributed by atoms with Gasteiger partial charge in [0.1, 0.15) is 5.82 Å². The zero-order valence-electron chi connectivity index (χ0n) is 19.0. The Labute approximate surface area is 194 Å². The first-order chi connectivity index (χ1) is 15.7. The highest BCUT2D eigenvalue weighted by Gasteiger charge is 2.30. The average molecular weight is 456 g/mol. The van der Waals surface area contributed by atoms with Crippen LogP contribution in [0, 0.1) is 0 Å². The molecule has 172 valence electrons. The molecule has 2 fully saturated rings. The van der Waals surface area contributed by atoms with E-state index in [0.29, 0.717) is 32.2 Å². The van der Waals surface area contributed by atoms with Crippen molar-refractivity contribution in [1.82, 2.24) is 14.9 Å². The van der Waals surface area contributed by atoms with Crippen molar-refractivity contribution in [2.24, 2.45) is 0 Å². The quantitative estimate of drug-likeness (QED) is 0.690. The van der Waals surface area contributed by atoms with Crippen LogP contribution in [-0.2, 0) is 28.9 Å². The number of rotatable bonds is 5. The fraction of sp³-hybridized carbons (Fsp3) is 0.625. The number of anilines is 2. The van der Waals surface area contributed by atoms with Gasteiger partial charge in [-0.25, -0.2) is 4.98 Å². The highest BCUT2D eigenvalue weighted by Crippen LogP contribution is 2.32. The molecule has 2 aromatic heterocycles. The molecule has 3 aliphatic rings. The first-order valence-corrected chi connectivity index (χ1v) is 12.8. The molecule has 1 aliphatic carbocycles. The van der Waals surface area contributed by atoms with E-state index in [1.807, 2.05) is 22.4 Å². The van der Waals surface area contributed by atoms with Crippen molar-refractivity contribution in [2.45, 2.75) is 57.5 Å². The third kappa shape index (κ3) is 4.62. The minimum atomic E-state index is 0.189. The summed E-state index contributed by atoms with van der Waals surface area (Å²) < 4.78 is 5.60. The van der Waals surface area contributed by atoms with Crippen LogP contribution < -0.4 is 9.80 Å². The Hall–Kier alpha value is -2.19. The Morgan fingerprint density at radius 1 is 1.19 bits per heavy atom. The van der Waals surface area contributed by atoms with Gasteiger partial charge < -0.3 is 19.4 Å². The van der Waals surface area contributed by atoms with E-state index in [1.165, 1.54) is 32.1 Å². The van der Waals surface area contributed by atoms with Crippen LogP contribution in [0.25, 0.3) is 0 Å². The second kappa shape index (κ2) is 9.75. The number of amides is 1. The van der Waals surface area contributed by atoms with E-state index >= 15 is 0 Å². The molecule has 0 bridgehead atoms. The molecule has 1 saturated heterocycles. The molecule has 0 spiro atoms. The number of aromatic nitrogens is 2. The minimum absolute atomic E-state index is 0.189. The molecule has 2 aliphatic heterocycles. The van der Waals surface area contributed by atoms with E-state index in [1.54, 1.807) is 11.3 Å². The zero-order chi connectivity index (χ0) is 21.9. The molecular formula is C24H33N5O2S. The second-order valence-electron chi connectivity index (χ2n) is 9.10. The topological polar surface area (TPSA) is 61.8 Å². The molecule has 1 saturated carbocycles. The molecule has 4 heterocycles. The Bertz CT molecular complexity index is 923. The van der Waals surface area contributed by atoms with Gasteiger partial charge in [-0.05, 0) is 24.3 Å². The molecule has 0 atom stereocenters. The number of hydrogen-bond donors (Lipinski definition) is 0. The van der Waals surface area contributed by atoms with E-state index in [2.05, 4.69) is 16.8 Å². The van der Waals surface area contributed by atoms with Crippen molar-refractivity contribution in [3.63, 3.8) is 0 Å². The van der Waals surface area contributed by atoms with Crippen LogP contribution in [0.3, 0.4) is 0 Å². The Morgan fingerprint density at radius 3 is 2.75 bits per heavy atom. The van der Waals surface area contributed by atoms with Gasteiger partial charge in [0.25, 0.3) is 0 Å². The maximum atomic E-state index is 13.0. The third-order valence-corrected chi connectivity index (χ3v) is 7.91. The third-order valence-electron chi connectivity index (χ3n) is 7.03. The number of thiophene rings is 1. The Kier molecular flexibility index (Phi) is 6.59. The van der Waals surface area contributed by atoms with Crippen molar-refractivity contribution >= 4 is 29.0 Å². The molecule has 7 nitrogen and oxygen atoms in total. The van der Waals surface area contributed by atoms with Crippen molar-refractivity contribution in [3.05, 3.63) is 33.6 Å². The number of ether oxygens (including phenoxy) is 1. The maximum absolute atomic E-state index is 13.0. The molecule has 0 N–H and O–H groups in total. The number of carbonyl (C=O) groups is 1. The molecule has 2 aromatic rings. The summed E-state index contributed by atoms with van der Waals surface area (Å²) in [6.07, 6.45) is 7.61. The monoisotopic (exact) mass is 455 g/mol. The second-order valence-corrected chi connectivity index (χ2v) is 10.1. The predicted octanol–water partition coefficient (Wildman–Crippen LogP) is 3.27. The lowest BCUT2D eigenvalue weighted by atomic mass is 9.95. The summed E-state index contributed by atoms with van der Waals surface area (Å²) in [5.74, 6) is 2.04. The van der Waals surface area contributed by atoms with Gasteiger partial charge in [0.2, 0.25) is 11.9 Å². The van der Waals surface area contributed by atoms with Crippen molar-refractivity contribution in [2.75, 3.05) is 49.7 Å². The van der Waals surface area contributed by atoms with E-state index in [-0.39, 0.29) is 5.91 Å². The van der Waals surface area contributed by atoms with Gasteiger partial charge in [0.05, 0.1) is 31.9 Å². The normalized spacial score (nSPS) is 19.7. The highest BCUT2D eigenvalue weighted by atomic mass is 32.1. The van der Waals surface area contributed by atoms with Crippen molar-refractivity contribution < 1.29 is 9.53 Å². The number of carbonyl (C=O) groups excluding carboxylic acids is 1. The van der Waals surface area contributed by atoms with Gasteiger partial charge in [0.15, 0.2) is 0 Å². The lowest BCUT2D eigenvalue weighted by Crippen LogP contribution is -2.42. The van der Waals surface area contributed by atoms with Gasteiger partial charge in [-0.15, -0.1) is 11.3 Å². The van der Waals surface area contributed by atoms with Crippen LogP contribution in [-0.4, -0.2) is 66.7 Å². The molecule has 0 aromatic carbocycles. The molecular weight excluding hydrogens is 422 g/mol. The van der Waals surface area contributed by atoms with E-state index in [9.17, 15) is 4.79 Å². The van der Waals surface area contributed by atoms with Gasteiger partial charge in [0, 0.05) is 49.6 Å². The van der Waals surface area contributed by atoms with Crippen LogP contribution in [0.5, 0.6) is 0 Å². The summed E-state index contributed by atoms with van der Waals surface area (Å²) in [7, 11) is 2.15. The number of morpholine rings is 1. The number of fused-ring (bicyclic) bond motifs is 1. The largest absolute Gasteiger partial charge is 0.378 e.